The molecule has 0 N–H and O–H groups in total. The highest BCUT2D eigenvalue weighted by molar-refractivity contribution is 5.84. The molecule has 1 rings (SSSR count). The zero-order valence-electron chi connectivity index (χ0n) is 10.8. The van der Waals surface area contributed by atoms with Crippen molar-refractivity contribution in [2.24, 2.45) is 0 Å². The van der Waals surface area contributed by atoms with Crippen LogP contribution in [0.2, 0.25) is 0 Å². The number of carbonyl (C=O) groups is 1. The highest BCUT2D eigenvalue weighted by atomic mass is 19.4. The number of halogens is 5. The van der Waals surface area contributed by atoms with E-state index in [1.807, 2.05) is 18.2 Å². The molecule has 1 amide bonds. The molecule has 0 saturated carbocycles. The number of benzene rings is 1. The van der Waals surface area contributed by atoms with E-state index >= 15 is 0 Å². The Hall–Kier alpha value is -1.66. The van der Waals surface area contributed by atoms with Gasteiger partial charge < -0.3 is 4.90 Å². The average Bonchev–Trinajstić information content (AvgIpc) is 2.37. The van der Waals surface area contributed by atoms with Crippen molar-refractivity contribution < 1.29 is 26.7 Å². The van der Waals surface area contributed by atoms with Crippen LogP contribution in [0.3, 0.4) is 0 Å². The molecule has 0 radical (unpaired) electrons. The van der Waals surface area contributed by atoms with Gasteiger partial charge in [-0.05, 0) is 18.4 Å². The molecule has 0 bridgehead atoms. The van der Waals surface area contributed by atoms with Gasteiger partial charge in [0.1, 0.15) is 0 Å². The van der Waals surface area contributed by atoms with Crippen molar-refractivity contribution >= 4 is 5.91 Å². The van der Waals surface area contributed by atoms with Crippen molar-refractivity contribution in [3.63, 3.8) is 0 Å². The number of rotatable bonds is 5. The molecule has 2 nitrogen and oxygen atoms in total. The van der Waals surface area contributed by atoms with Gasteiger partial charge in [-0.15, -0.1) is 0 Å². The molecule has 7 heteroatoms. The van der Waals surface area contributed by atoms with E-state index in [4.69, 9.17) is 0 Å². The summed E-state index contributed by atoms with van der Waals surface area (Å²) in [6.45, 7) is -0.167. The number of aryl methyl sites for hydroxylation is 1. The van der Waals surface area contributed by atoms with Crippen LogP contribution in [0, 0.1) is 0 Å². The third-order valence-electron chi connectivity index (χ3n) is 2.77. The number of hydrogen-bond donors (Lipinski definition) is 0. The molecule has 0 atom stereocenters. The lowest BCUT2D eigenvalue weighted by atomic mass is 10.1. The lowest BCUT2D eigenvalue weighted by Crippen LogP contribution is -2.51. The van der Waals surface area contributed by atoms with Gasteiger partial charge in [-0.25, -0.2) is 0 Å². The molecule has 0 aliphatic carbocycles. The fourth-order valence-electron chi connectivity index (χ4n) is 1.63. The minimum absolute atomic E-state index is 0.167. The van der Waals surface area contributed by atoms with E-state index in [0.717, 1.165) is 12.6 Å². The lowest BCUT2D eigenvalue weighted by Gasteiger charge is -2.24. The van der Waals surface area contributed by atoms with Crippen molar-refractivity contribution in [2.45, 2.75) is 24.9 Å². The summed E-state index contributed by atoms with van der Waals surface area (Å²) in [5.41, 5.74) is 0.927. The highest BCUT2D eigenvalue weighted by Crippen LogP contribution is 2.36. The molecule has 0 saturated heterocycles. The van der Waals surface area contributed by atoms with E-state index in [2.05, 4.69) is 0 Å². The second kappa shape index (κ2) is 6.19. The van der Waals surface area contributed by atoms with E-state index in [-0.39, 0.29) is 6.54 Å². The van der Waals surface area contributed by atoms with E-state index in [1.165, 1.54) is 0 Å². The molecule has 0 aromatic heterocycles. The molecule has 0 spiro atoms. The van der Waals surface area contributed by atoms with Crippen LogP contribution >= 0.6 is 0 Å². The maximum atomic E-state index is 12.8. The van der Waals surface area contributed by atoms with E-state index in [0.29, 0.717) is 17.7 Å². The summed E-state index contributed by atoms with van der Waals surface area (Å²) in [7, 11) is 0.937. The van der Waals surface area contributed by atoms with Crippen LogP contribution in [0.5, 0.6) is 0 Å². The first-order valence-corrected chi connectivity index (χ1v) is 5.90. The Morgan fingerprint density at radius 3 is 2.15 bits per heavy atom. The summed E-state index contributed by atoms with van der Waals surface area (Å²) in [6, 6.07) is 9.02. The van der Waals surface area contributed by atoms with Crippen molar-refractivity contribution in [1.82, 2.24) is 4.90 Å². The largest absolute Gasteiger partial charge is 0.463 e. The SMILES string of the molecule is CN(CCCc1ccccc1)C(=O)C(F)(F)C(F)(F)F. The Morgan fingerprint density at radius 1 is 1.10 bits per heavy atom. The lowest BCUT2D eigenvalue weighted by molar-refractivity contribution is -0.274. The number of amides is 1. The standard InChI is InChI=1S/C13H14F5NO/c1-19(11(20)12(14,15)13(16,17)18)9-5-8-10-6-3-2-4-7-10/h2-4,6-7H,5,8-9H2,1H3. The maximum Gasteiger partial charge on any atom is 0.463 e. The van der Waals surface area contributed by atoms with Gasteiger partial charge in [0.15, 0.2) is 0 Å². The van der Waals surface area contributed by atoms with Crippen LogP contribution < -0.4 is 0 Å². The molecule has 20 heavy (non-hydrogen) atoms. The molecule has 112 valence electrons. The van der Waals surface area contributed by atoms with Crippen LogP contribution in [0.15, 0.2) is 30.3 Å². The van der Waals surface area contributed by atoms with Gasteiger partial charge in [0.25, 0.3) is 0 Å². The Kier molecular flexibility index (Phi) is 5.08. The zero-order valence-corrected chi connectivity index (χ0v) is 10.8. The van der Waals surface area contributed by atoms with Crippen molar-refractivity contribution in [3.05, 3.63) is 35.9 Å². The number of nitrogens with zero attached hydrogens (tertiary/aromatic N) is 1. The van der Waals surface area contributed by atoms with Crippen LogP contribution in [-0.2, 0) is 11.2 Å². The fraction of sp³-hybridized carbons (Fsp3) is 0.462. The predicted octanol–water partition coefficient (Wildman–Crippen LogP) is 3.28. The van der Waals surface area contributed by atoms with E-state index in [1.54, 1.807) is 12.1 Å². The maximum absolute atomic E-state index is 12.8. The molecule has 1 aromatic carbocycles. The molecule has 0 aliphatic rings. The van der Waals surface area contributed by atoms with Gasteiger partial charge in [0.2, 0.25) is 0 Å². The average molecular weight is 295 g/mol. The fourth-order valence-corrected chi connectivity index (χ4v) is 1.63. The number of carbonyl (C=O) groups excluding carboxylic acids is 1. The molecule has 0 unspecified atom stereocenters. The summed E-state index contributed by atoms with van der Waals surface area (Å²) in [6.07, 6.45) is -5.06. The second-order valence-electron chi connectivity index (χ2n) is 4.39. The van der Waals surface area contributed by atoms with Gasteiger partial charge in [0.05, 0.1) is 0 Å². The van der Waals surface area contributed by atoms with E-state index in [9.17, 15) is 26.7 Å². The van der Waals surface area contributed by atoms with E-state index < -0.39 is 18.0 Å². The minimum atomic E-state index is -5.86. The molecule has 0 aliphatic heterocycles. The summed E-state index contributed by atoms with van der Waals surface area (Å²) >= 11 is 0. The Balaban J connectivity index is 2.51. The van der Waals surface area contributed by atoms with Crippen molar-refractivity contribution in [2.75, 3.05) is 13.6 Å². The van der Waals surface area contributed by atoms with Crippen LogP contribution in [0.4, 0.5) is 22.0 Å². The van der Waals surface area contributed by atoms with Gasteiger partial charge >= 0.3 is 18.0 Å². The normalized spacial score (nSPS) is 12.3. The summed E-state index contributed by atoms with van der Waals surface area (Å²) in [4.78, 5) is 11.5. The quantitative estimate of drug-likeness (QED) is 0.763. The zero-order chi connectivity index (χ0) is 15.4. The Bertz CT molecular complexity index is 444. The third-order valence-corrected chi connectivity index (χ3v) is 2.77. The van der Waals surface area contributed by atoms with Gasteiger partial charge in [0, 0.05) is 13.6 Å². The second-order valence-corrected chi connectivity index (χ2v) is 4.39. The van der Waals surface area contributed by atoms with Crippen LogP contribution in [-0.4, -0.2) is 36.5 Å². The molecule has 0 heterocycles. The Morgan fingerprint density at radius 2 is 1.65 bits per heavy atom. The summed E-state index contributed by atoms with van der Waals surface area (Å²) in [5.74, 6) is -7.56. The summed E-state index contributed by atoms with van der Waals surface area (Å²) in [5, 5.41) is 0. The smallest absolute Gasteiger partial charge is 0.340 e. The van der Waals surface area contributed by atoms with Gasteiger partial charge in [-0.2, -0.15) is 22.0 Å². The highest BCUT2D eigenvalue weighted by Gasteiger charge is 2.64. The number of hydrogen-bond acceptors (Lipinski definition) is 1. The monoisotopic (exact) mass is 295 g/mol. The van der Waals surface area contributed by atoms with Crippen LogP contribution in [0.1, 0.15) is 12.0 Å². The van der Waals surface area contributed by atoms with Gasteiger partial charge in [-0.1, -0.05) is 30.3 Å². The molecule has 0 fully saturated rings. The first-order chi connectivity index (χ1) is 9.16. The third kappa shape index (κ3) is 3.91. The molecular formula is C13H14F5NO. The van der Waals surface area contributed by atoms with Crippen LogP contribution in [0.25, 0.3) is 0 Å². The summed E-state index contributed by atoms with van der Waals surface area (Å²) < 4.78 is 61.7. The first-order valence-electron chi connectivity index (χ1n) is 5.90. The number of alkyl halides is 5. The van der Waals surface area contributed by atoms with Gasteiger partial charge in [-0.3, -0.25) is 4.79 Å². The molecular weight excluding hydrogens is 281 g/mol. The minimum Gasteiger partial charge on any atom is -0.340 e. The predicted molar refractivity (Wildman–Crippen MR) is 63.4 cm³/mol. The molecule has 1 aromatic rings. The topological polar surface area (TPSA) is 20.3 Å². The van der Waals surface area contributed by atoms with Crippen molar-refractivity contribution in [3.8, 4) is 0 Å². The first kappa shape index (κ1) is 16.4. The Labute approximate surface area is 113 Å². The van der Waals surface area contributed by atoms with Crippen molar-refractivity contribution in [1.29, 1.82) is 0 Å².